The molecule has 0 aliphatic rings. The normalized spacial score (nSPS) is 12.5. The Morgan fingerprint density at radius 2 is 2.09 bits per heavy atom. The number of furan rings is 1. The van der Waals surface area contributed by atoms with Crippen LogP contribution in [-0.2, 0) is 12.0 Å². The minimum Gasteiger partial charge on any atom is -0.466 e. The number of thiophene rings is 1. The Morgan fingerprint density at radius 3 is 2.64 bits per heavy atom. The van der Waals surface area contributed by atoms with Gasteiger partial charge < -0.3 is 15.1 Å². The molecule has 0 atom stereocenters. The first-order chi connectivity index (χ1) is 10.4. The van der Waals surface area contributed by atoms with Crippen molar-refractivity contribution in [3.8, 4) is 0 Å². The van der Waals surface area contributed by atoms with Crippen molar-refractivity contribution in [2.75, 3.05) is 13.6 Å². The Hall–Kier alpha value is -1.75. The summed E-state index contributed by atoms with van der Waals surface area (Å²) in [6, 6.07) is 6.34. The van der Waals surface area contributed by atoms with E-state index in [1.807, 2.05) is 13.8 Å². The highest BCUT2D eigenvalue weighted by atomic mass is 32.1. The van der Waals surface area contributed by atoms with Gasteiger partial charge in [-0.3, -0.25) is 4.99 Å². The maximum Gasteiger partial charge on any atom is 0.191 e. The van der Waals surface area contributed by atoms with Crippen LogP contribution >= 0.6 is 11.3 Å². The number of hydrogen-bond acceptors (Lipinski definition) is 3. The molecule has 5 heteroatoms. The summed E-state index contributed by atoms with van der Waals surface area (Å²) in [4.78, 5) is 5.66. The zero-order chi connectivity index (χ0) is 16.2. The van der Waals surface area contributed by atoms with Gasteiger partial charge in [-0.15, -0.1) is 11.3 Å². The van der Waals surface area contributed by atoms with Crippen molar-refractivity contribution in [2.45, 2.75) is 39.7 Å². The van der Waals surface area contributed by atoms with Gasteiger partial charge in [-0.05, 0) is 31.4 Å². The molecule has 0 bridgehead atoms. The molecule has 2 aromatic heterocycles. The lowest BCUT2D eigenvalue weighted by atomic mass is 9.91. The molecule has 0 unspecified atom stereocenters. The van der Waals surface area contributed by atoms with Gasteiger partial charge in [0.05, 0.1) is 0 Å². The van der Waals surface area contributed by atoms with Gasteiger partial charge in [-0.2, -0.15) is 0 Å². The molecule has 0 aliphatic carbocycles. The quantitative estimate of drug-likeness (QED) is 0.654. The van der Waals surface area contributed by atoms with E-state index in [2.05, 4.69) is 53.1 Å². The van der Waals surface area contributed by atoms with E-state index in [4.69, 9.17) is 4.42 Å². The Morgan fingerprint density at radius 1 is 1.32 bits per heavy atom. The van der Waals surface area contributed by atoms with Crippen LogP contribution in [-0.4, -0.2) is 19.6 Å². The van der Waals surface area contributed by atoms with Gasteiger partial charge in [0, 0.05) is 36.0 Å². The predicted molar refractivity (Wildman–Crippen MR) is 93.7 cm³/mol. The molecule has 0 aromatic carbocycles. The van der Waals surface area contributed by atoms with E-state index >= 15 is 0 Å². The minimum atomic E-state index is 0.0773. The van der Waals surface area contributed by atoms with E-state index in [0.717, 1.165) is 29.6 Å². The highest BCUT2D eigenvalue weighted by Gasteiger charge is 2.21. The molecule has 0 amide bonds. The zero-order valence-corrected chi connectivity index (χ0v) is 14.8. The molecule has 2 heterocycles. The third-order valence-corrected chi connectivity index (χ3v) is 4.94. The summed E-state index contributed by atoms with van der Waals surface area (Å²) in [6.45, 7) is 9.97. The second-order valence-corrected chi connectivity index (χ2v) is 7.03. The molecule has 0 spiro atoms. The summed E-state index contributed by atoms with van der Waals surface area (Å²) >= 11 is 1.79. The van der Waals surface area contributed by atoms with Crippen LogP contribution in [0.3, 0.4) is 0 Å². The average molecular weight is 319 g/mol. The summed E-state index contributed by atoms with van der Waals surface area (Å²) in [5, 5.41) is 8.87. The van der Waals surface area contributed by atoms with Crippen LogP contribution in [0.2, 0.25) is 0 Å². The minimum absolute atomic E-state index is 0.0773. The highest BCUT2D eigenvalue weighted by molar-refractivity contribution is 7.10. The van der Waals surface area contributed by atoms with Crippen molar-refractivity contribution in [2.24, 2.45) is 4.99 Å². The van der Waals surface area contributed by atoms with Gasteiger partial charge in [0.1, 0.15) is 11.5 Å². The zero-order valence-electron chi connectivity index (χ0n) is 14.0. The first-order valence-corrected chi connectivity index (χ1v) is 8.35. The van der Waals surface area contributed by atoms with E-state index in [9.17, 15) is 0 Å². The number of aliphatic imine (C=N–C) groups is 1. The number of nitrogens with zero attached hydrogens (tertiary/aromatic N) is 1. The summed E-state index contributed by atoms with van der Waals surface area (Å²) in [5.41, 5.74) is 1.24. The van der Waals surface area contributed by atoms with E-state index in [-0.39, 0.29) is 5.41 Å². The summed E-state index contributed by atoms with van der Waals surface area (Å²) in [5.74, 6) is 2.71. The summed E-state index contributed by atoms with van der Waals surface area (Å²) in [6.07, 6.45) is 0. The third kappa shape index (κ3) is 4.13. The monoisotopic (exact) mass is 319 g/mol. The fourth-order valence-corrected chi connectivity index (χ4v) is 3.17. The fraction of sp³-hybridized carbons (Fsp3) is 0.471. The molecule has 0 saturated heterocycles. The first-order valence-electron chi connectivity index (χ1n) is 7.47. The Kier molecular flexibility index (Phi) is 5.29. The third-order valence-electron chi connectivity index (χ3n) is 3.70. The summed E-state index contributed by atoms with van der Waals surface area (Å²) in [7, 11) is 1.79. The fourth-order valence-electron chi connectivity index (χ4n) is 2.31. The maximum atomic E-state index is 5.54. The van der Waals surface area contributed by atoms with Crippen molar-refractivity contribution in [3.05, 3.63) is 45.5 Å². The number of aryl methyl sites for hydroxylation is 2. The van der Waals surface area contributed by atoms with Crippen LogP contribution in [0.1, 0.15) is 35.8 Å². The van der Waals surface area contributed by atoms with E-state index in [0.29, 0.717) is 6.54 Å². The van der Waals surface area contributed by atoms with Crippen LogP contribution in [0.5, 0.6) is 0 Å². The number of nitrogens with one attached hydrogen (secondary N) is 2. The van der Waals surface area contributed by atoms with Crippen LogP contribution in [0.4, 0.5) is 0 Å². The second-order valence-electron chi connectivity index (χ2n) is 6.08. The van der Waals surface area contributed by atoms with Gasteiger partial charge in [-0.1, -0.05) is 19.9 Å². The van der Waals surface area contributed by atoms with Gasteiger partial charge in [0.15, 0.2) is 5.96 Å². The average Bonchev–Trinajstić information content (AvgIpc) is 3.09. The highest BCUT2D eigenvalue weighted by Crippen LogP contribution is 2.26. The molecule has 2 rings (SSSR count). The molecule has 2 N–H and O–H groups in total. The molecule has 120 valence electrons. The molecule has 4 nitrogen and oxygen atoms in total. The largest absolute Gasteiger partial charge is 0.466 e. The van der Waals surface area contributed by atoms with Crippen molar-refractivity contribution in [1.29, 1.82) is 0 Å². The Bertz CT molecular complexity index is 626. The lowest BCUT2D eigenvalue weighted by Gasteiger charge is -2.25. The smallest absolute Gasteiger partial charge is 0.191 e. The van der Waals surface area contributed by atoms with Crippen LogP contribution in [0, 0.1) is 13.8 Å². The molecule has 0 fully saturated rings. The van der Waals surface area contributed by atoms with E-state index in [1.165, 1.54) is 4.88 Å². The van der Waals surface area contributed by atoms with Crippen LogP contribution < -0.4 is 10.6 Å². The van der Waals surface area contributed by atoms with E-state index < -0.39 is 0 Å². The Labute approximate surface area is 136 Å². The van der Waals surface area contributed by atoms with Crippen molar-refractivity contribution in [3.63, 3.8) is 0 Å². The molecule has 0 aliphatic heterocycles. The molecule has 22 heavy (non-hydrogen) atoms. The lowest BCUT2D eigenvalue weighted by molar-refractivity contribution is 0.500. The molecule has 0 radical (unpaired) electrons. The number of guanidine groups is 1. The lowest BCUT2D eigenvalue weighted by Crippen LogP contribution is -2.42. The van der Waals surface area contributed by atoms with E-state index in [1.54, 1.807) is 18.4 Å². The predicted octanol–water partition coefficient (Wildman–Crippen LogP) is 3.60. The van der Waals surface area contributed by atoms with Gasteiger partial charge in [0.2, 0.25) is 0 Å². The SMILES string of the molecule is CN=C(NCc1cc(C)oc1C)NCC(C)(C)c1cccs1. The Balaban J connectivity index is 1.89. The first kappa shape index (κ1) is 16.6. The van der Waals surface area contributed by atoms with Gasteiger partial charge >= 0.3 is 0 Å². The van der Waals surface area contributed by atoms with Crippen molar-refractivity contribution in [1.82, 2.24) is 10.6 Å². The van der Waals surface area contributed by atoms with Gasteiger partial charge in [-0.25, -0.2) is 0 Å². The maximum absolute atomic E-state index is 5.54. The molecular weight excluding hydrogens is 294 g/mol. The van der Waals surface area contributed by atoms with Crippen LogP contribution in [0.15, 0.2) is 33.0 Å². The number of hydrogen-bond donors (Lipinski definition) is 2. The standard InChI is InChI=1S/C17H25N3OS/c1-12-9-14(13(2)21-12)10-19-16(18-5)20-11-17(3,4)15-7-6-8-22-15/h6-9H,10-11H2,1-5H3,(H2,18,19,20). The van der Waals surface area contributed by atoms with Crippen LogP contribution in [0.25, 0.3) is 0 Å². The van der Waals surface area contributed by atoms with Gasteiger partial charge in [0.25, 0.3) is 0 Å². The molecular formula is C17H25N3OS. The molecule has 0 saturated carbocycles. The number of rotatable bonds is 5. The summed E-state index contributed by atoms with van der Waals surface area (Å²) < 4.78 is 5.54. The second kappa shape index (κ2) is 7.01. The van der Waals surface area contributed by atoms with Crippen molar-refractivity contribution >= 4 is 17.3 Å². The molecule has 2 aromatic rings. The van der Waals surface area contributed by atoms with Crippen molar-refractivity contribution < 1.29 is 4.42 Å². The topological polar surface area (TPSA) is 49.6 Å².